The molecule has 7 N–H and O–H groups in total. The smallest absolute Gasteiger partial charge is 0.251 e. The van der Waals surface area contributed by atoms with E-state index in [4.69, 9.17) is 32.5 Å². The van der Waals surface area contributed by atoms with Gasteiger partial charge in [0.2, 0.25) is 0 Å². The normalized spacial score (nSPS) is 12.9. The van der Waals surface area contributed by atoms with Crippen LogP contribution in [-0.4, -0.2) is 83.4 Å². The molecule has 2 amide bonds. The molecule has 2 fully saturated rings. The van der Waals surface area contributed by atoms with Crippen molar-refractivity contribution in [2.45, 2.75) is 51.6 Å². The molecule has 10 rings (SSSR count). The highest BCUT2D eigenvalue weighted by atomic mass is 35.5. The fourth-order valence-electron chi connectivity index (χ4n) is 7.44. The number of anilines is 2. The highest BCUT2D eigenvalue weighted by molar-refractivity contribution is 6.30. The number of halogens is 1. The molecule has 3 heterocycles. The Balaban J connectivity index is 0.000000176. The first-order valence-electron chi connectivity index (χ1n) is 22.6. The van der Waals surface area contributed by atoms with Crippen LogP contribution in [0.3, 0.4) is 0 Å². The van der Waals surface area contributed by atoms with Crippen molar-refractivity contribution in [1.29, 1.82) is 0 Å². The molecule has 0 saturated heterocycles. The summed E-state index contributed by atoms with van der Waals surface area (Å²) in [6.07, 6.45) is 8.35. The van der Waals surface area contributed by atoms with Gasteiger partial charge < -0.3 is 31.6 Å². The maximum Gasteiger partial charge on any atom is 0.251 e. The van der Waals surface area contributed by atoms with Gasteiger partial charge in [-0.1, -0.05) is 54.1 Å². The van der Waals surface area contributed by atoms with Crippen molar-refractivity contribution in [3.05, 3.63) is 177 Å². The fourth-order valence-corrected chi connectivity index (χ4v) is 7.57. The standard InChI is InChI=1S/C29H27ClN4O4.C23H21N7O2/c1-18-5-6-20(29(36)33-22-9-10-22)16-26(18)34-28(31)25(17-32-34)27(35)19-3-2-4-24(15-19)38-14-13-37-23-11-7-21(30)8-12-23;1-13-5-6-16(23(32)28-17-7-8-17)10-19(13)30-21(24)18(11-27-30)20(31)14-3-2-4-15(9-14)22-25-12-26-29-22/h2-8,11-12,15-17,22H,9-10,13-14,31H2,1H3,(H,33,36);2-6,9-12,17H,7-8,24H2,1H3,(H,28,32)(H,25,26,29). The van der Waals surface area contributed by atoms with Crippen LogP contribution in [0.1, 0.15) is 89.4 Å². The van der Waals surface area contributed by atoms with Crippen molar-refractivity contribution >= 4 is 46.6 Å². The third kappa shape index (κ3) is 10.7. The molecule has 2 aliphatic rings. The van der Waals surface area contributed by atoms with Gasteiger partial charge in [-0.05, 0) is 117 Å². The van der Waals surface area contributed by atoms with E-state index in [0.29, 0.717) is 69.2 Å². The number of aryl methyl sites for hydroxylation is 2. The number of carbonyl (C=O) groups excluding carboxylic acids is 4. The Morgan fingerprint density at radius 3 is 1.67 bits per heavy atom. The third-order valence-electron chi connectivity index (χ3n) is 11.7. The molecule has 2 saturated carbocycles. The maximum absolute atomic E-state index is 13.3. The van der Waals surface area contributed by atoms with Crippen LogP contribution in [-0.2, 0) is 0 Å². The summed E-state index contributed by atoms with van der Waals surface area (Å²) >= 11 is 5.89. The zero-order valence-corrected chi connectivity index (χ0v) is 38.9. The summed E-state index contributed by atoms with van der Waals surface area (Å²) in [4.78, 5) is 55.6. The van der Waals surface area contributed by atoms with E-state index < -0.39 is 0 Å². The molecule has 354 valence electrons. The number of aromatic amines is 1. The Labute approximate surface area is 407 Å². The number of ketones is 2. The third-order valence-corrected chi connectivity index (χ3v) is 11.9. The molecule has 0 radical (unpaired) electrons. The number of hydrogen-bond donors (Lipinski definition) is 5. The van der Waals surface area contributed by atoms with E-state index in [9.17, 15) is 19.2 Å². The number of benzene rings is 5. The second-order valence-corrected chi connectivity index (χ2v) is 17.4. The van der Waals surface area contributed by atoms with E-state index in [1.54, 1.807) is 91.0 Å². The highest BCUT2D eigenvalue weighted by Gasteiger charge is 2.27. The summed E-state index contributed by atoms with van der Waals surface area (Å²) in [5.74, 6) is 1.41. The topological polar surface area (TPSA) is 240 Å². The van der Waals surface area contributed by atoms with Crippen molar-refractivity contribution in [1.82, 2.24) is 45.4 Å². The lowest BCUT2D eigenvalue weighted by atomic mass is 10.0. The number of nitrogens with zero attached hydrogens (tertiary/aromatic N) is 6. The quantitative estimate of drug-likeness (QED) is 0.0463. The van der Waals surface area contributed by atoms with Crippen molar-refractivity contribution in [3.8, 4) is 34.3 Å². The van der Waals surface area contributed by atoms with Gasteiger partial charge in [-0.25, -0.2) is 14.3 Å². The molecule has 3 aromatic heterocycles. The summed E-state index contributed by atoms with van der Waals surface area (Å²) < 4.78 is 14.4. The van der Waals surface area contributed by atoms with Gasteiger partial charge >= 0.3 is 0 Å². The lowest BCUT2D eigenvalue weighted by Gasteiger charge is -2.11. The summed E-state index contributed by atoms with van der Waals surface area (Å²) in [5, 5.41) is 22.0. The van der Waals surface area contributed by atoms with Crippen LogP contribution in [0, 0.1) is 13.8 Å². The number of carbonyl (C=O) groups is 4. The van der Waals surface area contributed by atoms with Crippen molar-refractivity contribution in [3.63, 3.8) is 0 Å². The molecule has 0 spiro atoms. The molecule has 8 aromatic rings. The molecule has 18 heteroatoms. The van der Waals surface area contributed by atoms with Gasteiger partial charge in [-0.15, -0.1) is 0 Å². The van der Waals surface area contributed by atoms with E-state index in [0.717, 1.165) is 42.4 Å². The molecule has 17 nitrogen and oxygen atoms in total. The fraction of sp³-hybridized carbons (Fsp3) is 0.192. The molecule has 5 aromatic carbocycles. The van der Waals surface area contributed by atoms with E-state index in [2.05, 4.69) is 36.0 Å². The molecule has 0 bridgehead atoms. The van der Waals surface area contributed by atoms with Crippen molar-refractivity contribution in [2.24, 2.45) is 0 Å². The van der Waals surface area contributed by atoms with E-state index in [1.165, 1.54) is 28.1 Å². The molecule has 70 heavy (non-hydrogen) atoms. The Morgan fingerprint density at radius 1 is 0.643 bits per heavy atom. The zero-order chi connectivity index (χ0) is 48.9. The van der Waals surface area contributed by atoms with Crippen molar-refractivity contribution < 1.29 is 28.7 Å². The van der Waals surface area contributed by atoms with Gasteiger partial charge in [0.05, 0.1) is 34.9 Å². The number of H-pyrrole nitrogens is 1. The second-order valence-electron chi connectivity index (χ2n) is 17.0. The van der Waals surface area contributed by atoms with Crippen LogP contribution in [0.4, 0.5) is 11.6 Å². The number of nitrogens with one attached hydrogen (secondary N) is 3. The van der Waals surface area contributed by atoms with Crippen LogP contribution in [0.25, 0.3) is 22.8 Å². The van der Waals surface area contributed by atoms with Crippen LogP contribution < -0.4 is 31.6 Å². The average Bonchev–Trinajstić information content (AvgIpc) is 4.22. The van der Waals surface area contributed by atoms with Gasteiger partial charge in [0.15, 0.2) is 17.4 Å². The van der Waals surface area contributed by atoms with E-state index in [-0.39, 0.29) is 58.2 Å². The molecule has 0 atom stereocenters. The Kier molecular flexibility index (Phi) is 13.5. The molecule has 0 unspecified atom stereocenters. The van der Waals surface area contributed by atoms with Gasteiger partial charge in [0.25, 0.3) is 11.8 Å². The summed E-state index contributed by atoms with van der Waals surface area (Å²) in [5.41, 5.74) is 19.0. The molecule has 0 aliphatic heterocycles. The molecular weight excluding hydrogens is 910 g/mol. The van der Waals surface area contributed by atoms with Gasteiger partial charge in [-0.3, -0.25) is 24.3 Å². The van der Waals surface area contributed by atoms with Crippen LogP contribution >= 0.6 is 11.6 Å². The first kappa shape index (κ1) is 46.5. The number of rotatable bonds is 16. The van der Waals surface area contributed by atoms with Gasteiger partial charge in [0.1, 0.15) is 42.7 Å². The summed E-state index contributed by atoms with van der Waals surface area (Å²) in [6, 6.07) is 32.3. The first-order chi connectivity index (χ1) is 33.9. The number of hydrogen-bond acceptors (Lipinski definition) is 12. The molecule has 2 aliphatic carbocycles. The highest BCUT2D eigenvalue weighted by Crippen LogP contribution is 2.28. The first-order valence-corrected chi connectivity index (χ1v) is 22.9. The predicted octanol–water partition coefficient (Wildman–Crippen LogP) is 7.67. The maximum atomic E-state index is 13.3. The summed E-state index contributed by atoms with van der Waals surface area (Å²) in [6.45, 7) is 4.43. The SMILES string of the molecule is Cc1ccc(C(=O)NC2CC2)cc1-n1ncc(C(=O)c2cccc(-c3ncn[nH]3)c2)c1N.Cc1ccc(C(=O)NC2CC2)cc1-n1ncc(C(=O)c2cccc(OCCOc3ccc(Cl)cc3)c2)c1N. The Bertz CT molecular complexity index is 3230. The minimum atomic E-state index is -0.281. The lowest BCUT2D eigenvalue weighted by molar-refractivity contribution is 0.0942. The number of ether oxygens (including phenoxy) is 2. The summed E-state index contributed by atoms with van der Waals surface area (Å²) in [7, 11) is 0. The number of amides is 2. The zero-order valence-electron chi connectivity index (χ0n) is 38.2. The van der Waals surface area contributed by atoms with Crippen molar-refractivity contribution in [2.75, 3.05) is 24.7 Å². The average molecular weight is 958 g/mol. The monoisotopic (exact) mass is 957 g/mol. The minimum Gasteiger partial charge on any atom is -0.490 e. The minimum absolute atomic E-state index is 0.125. The number of aromatic nitrogens is 7. The second kappa shape index (κ2) is 20.3. The van der Waals surface area contributed by atoms with Gasteiger partial charge in [0, 0.05) is 44.9 Å². The Hall–Kier alpha value is -8.57. The predicted molar refractivity (Wildman–Crippen MR) is 264 cm³/mol. The number of nitrogen functional groups attached to an aromatic ring is 2. The Morgan fingerprint density at radius 2 is 1.16 bits per heavy atom. The van der Waals surface area contributed by atoms with E-state index in [1.807, 2.05) is 32.0 Å². The molecular formula is C52H48ClN11O6. The number of nitrogens with two attached hydrogens (primary N) is 2. The van der Waals surface area contributed by atoms with Gasteiger partial charge in [-0.2, -0.15) is 15.3 Å². The van der Waals surface area contributed by atoms with Crippen LogP contribution in [0.2, 0.25) is 5.02 Å². The lowest BCUT2D eigenvalue weighted by Crippen LogP contribution is -2.25. The van der Waals surface area contributed by atoms with E-state index >= 15 is 0 Å². The largest absolute Gasteiger partial charge is 0.490 e. The van der Waals surface area contributed by atoms with Crippen LogP contribution in [0.15, 0.2) is 128 Å². The van der Waals surface area contributed by atoms with Crippen LogP contribution in [0.5, 0.6) is 11.5 Å².